The minimum absolute atomic E-state index is 0.0474. The van der Waals surface area contributed by atoms with Crippen molar-refractivity contribution in [3.8, 4) is 0 Å². The molecule has 0 radical (unpaired) electrons. The zero-order valence-corrected chi connectivity index (χ0v) is 17.6. The summed E-state index contributed by atoms with van der Waals surface area (Å²) in [5.74, 6) is 0.584. The number of sulfonamides is 1. The lowest BCUT2D eigenvalue weighted by atomic mass is 10.0. The summed E-state index contributed by atoms with van der Waals surface area (Å²) < 4.78 is 28.5. The highest BCUT2D eigenvalue weighted by molar-refractivity contribution is 9.10. The number of rotatable bonds is 4. The highest BCUT2D eigenvalue weighted by Gasteiger charge is 2.21. The first-order valence-electron chi connectivity index (χ1n) is 9.03. The molecule has 0 saturated carbocycles. The first-order valence-corrected chi connectivity index (χ1v) is 11.3. The molecule has 2 aromatic rings. The summed E-state index contributed by atoms with van der Waals surface area (Å²) in [5, 5.41) is 0. The molecule has 144 valence electrons. The van der Waals surface area contributed by atoms with Crippen molar-refractivity contribution in [1.29, 1.82) is 0 Å². The van der Waals surface area contributed by atoms with E-state index in [-0.39, 0.29) is 10.8 Å². The van der Waals surface area contributed by atoms with E-state index in [2.05, 4.69) is 27.6 Å². The van der Waals surface area contributed by atoms with E-state index in [1.165, 1.54) is 12.1 Å². The molecule has 1 aliphatic rings. The fourth-order valence-electron chi connectivity index (χ4n) is 3.19. The quantitative estimate of drug-likeness (QED) is 0.744. The minimum atomic E-state index is -3.71. The predicted octanol–water partition coefficient (Wildman–Crippen LogP) is 4.51. The van der Waals surface area contributed by atoms with Gasteiger partial charge < -0.3 is 4.90 Å². The lowest BCUT2D eigenvalue weighted by molar-refractivity contribution is 0.0760. The molecule has 0 bridgehead atoms. The normalized spacial score (nSPS) is 18.0. The fraction of sp³-hybridized carbons (Fsp3) is 0.350. The lowest BCUT2D eigenvalue weighted by Crippen LogP contribution is -2.32. The maximum Gasteiger partial charge on any atom is 0.261 e. The van der Waals surface area contributed by atoms with Crippen molar-refractivity contribution in [3.05, 3.63) is 58.6 Å². The SMILES string of the molecule is CC1CCCN(C(=O)c2cccc(NS(=O)(=O)c3ccc(Br)cc3)c2)CC1. The molecule has 27 heavy (non-hydrogen) atoms. The number of anilines is 1. The Morgan fingerprint density at radius 1 is 1.11 bits per heavy atom. The molecular formula is C20H23BrN2O3S. The smallest absolute Gasteiger partial charge is 0.261 e. The van der Waals surface area contributed by atoms with Gasteiger partial charge in [-0.05, 0) is 67.6 Å². The van der Waals surface area contributed by atoms with E-state index in [4.69, 9.17) is 0 Å². The van der Waals surface area contributed by atoms with Gasteiger partial charge in [-0.25, -0.2) is 8.42 Å². The number of benzene rings is 2. The van der Waals surface area contributed by atoms with Crippen molar-refractivity contribution < 1.29 is 13.2 Å². The first-order chi connectivity index (χ1) is 12.8. The highest BCUT2D eigenvalue weighted by atomic mass is 79.9. The number of amides is 1. The van der Waals surface area contributed by atoms with Crippen LogP contribution in [0.3, 0.4) is 0 Å². The van der Waals surface area contributed by atoms with Crippen LogP contribution < -0.4 is 4.72 Å². The van der Waals surface area contributed by atoms with E-state index in [0.29, 0.717) is 17.2 Å². The Balaban J connectivity index is 1.77. The summed E-state index contributed by atoms with van der Waals surface area (Å²) in [5.41, 5.74) is 0.882. The third-order valence-electron chi connectivity index (χ3n) is 4.79. The van der Waals surface area contributed by atoms with Crippen LogP contribution in [-0.4, -0.2) is 32.3 Å². The van der Waals surface area contributed by atoms with Gasteiger partial charge >= 0.3 is 0 Å². The average molecular weight is 451 g/mol. The van der Waals surface area contributed by atoms with Crippen LogP contribution in [0.5, 0.6) is 0 Å². The molecule has 1 heterocycles. The number of halogens is 1. The van der Waals surface area contributed by atoms with Gasteiger partial charge in [-0.1, -0.05) is 28.9 Å². The molecule has 1 unspecified atom stereocenters. The van der Waals surface area contributed by atoms with E-state index in [9.17, 15) is 13.2 Å². The molecule has 1 saturated heterocycles. The summed E-state index contributed by atoms with van der Waals surface area (Å²) in [4.78, 5) is 14.9. The third-order valence-corrected chi connectivity index (χ3v) is 6.72. The van der Waals surface area contributed by atoms with Crippen LogP contribution in [0, 0.1) is 5.92 Å². The fourth-order valence-corrected chi connectivity index (χ4v) is 4.51. The molecule has 0 spiro atoms. The maximum atomic E-state index is 12.8. The van der Waals surface area contributed by atoms with Crippen LogP contribution in [0.1, 0.15) is 36.5 Å². The largest absolute Gasteiger partial charge is 0.339 e. The van der Waals surface area contributed by atoms with Gasteiger partial charge in [0.15, 0.2) is 0 Å². The van der Waals surface area contributed by atoms with Crippen LogP contribution in [0.25, 0.3) is 0 Å². The average Bonchev–Trinajstić information content (AvgIpc) is 2.86. The number of carbonyl (C=O) groups excluding carboxylic acids is 1. The molecule has 1 amide bonds. The molecule has 0 aromatic heterocycles. The predicted molar refractivity (Wildman–Crippen MR) is 110 cm³/mol. The van der Waals surface area contributed by atoms with E-state index in [1.807, 2.05) is 4.90 Å². The molecule has 1 fully saturated rings. The van der Waals surface area contributed by atoms with Gasteiger partial charge in [0.2, 0.25) is 0 Å². The number of nitrogens with one attached hydrogen (secondary N) is 1. The Hall–Kier alpha value is -1.86. The van der Waals surface area contributed by atoms with Crippen LogP contribution in [0.2, 0.25) is 0 Å². The van der Waals surface area contributed by atoms with E-state index in [1.54, 1.807) is 36.4 Å². The second kappa shape index (κ2) is 8.44. The Labute approximate surface area is 169 Å². The molecule has 1 atom stereocenters. The van der Waals surface area contributed by atoms with Crippen molar-refractivity contribution >= 4 is 37.5 Å². The molecule has 2 aromatic carbocycles. The van der Waals surface area contributed by atoms with E-state index < -0.39 is 10.0 Å². The number of hydrogen-bond donors (Lipinski definition) is 1. The molecule has 0 aliphatic carbocycles. The van der Waals surface area contributed by atoms with Crippen molar-refractivity contribution in [2.45, 2.75) is 31.1 Å². The standard InChI is InChI=1S/C20H23BrN2O3S/c1-15-4-3-12-23(13-11-15)20(24)16-5-2-6-18(14-16)22-27(25,26)19-9-7-17(21)8-10-19/h2,5-10,14-15,22H,3-4,11-13H2,1H3. The maximum absolute atomic E-state index is 12.8. The topological polar surface area (TPSA) is 66.5 Å². The van der Waals surface area contributed by atoms with Crippen LogP contribution >= 0.6 is 15.9 Å². The molecule has 7 heteroatoms. The van der Waals surface area contributed by atoms with Gasteiger partial charge in [0.1, 0.15) is 0 Å². The van der Waals surface area contributed by atoms with Gasteiger partial charge in [-0.3, -0.25) is 9.52 Å². The van der Waals surface area contributed by atoms with Crippen molar-refractivity contribution in [2.75, 3.05) is 17.8 Å². The van der Waals surface area contributed by atoms with Crippen LogP contribution in [-0.2, 0) is 10.0 Å². The molecule has 1 aliphatic heterocycles. The van der Waals surface area contributed by atoms with Gasteiger partial charge in [0.05, 0.1) is 4.90 Å². The number of likely N-dealkylation sites (tertiary alicyclic amines) is 1. The number of nitrogens with zero attached hydrogens (tertiary/aromatic N) is 1. The number of carbonyl (C=O) groups is 1. The first kappa shape index (κ1) is 19.9. The van der Waals surface area contributed by atoms with E-state index in [0.717, 1.165) is 36.8 Å². The second-order valence-corrected chi connectivity index (χ2v) is 9.57. The summed E-state index contributed by atoms with van der Waals surface area (Å²) in [6, 6.07) is 13.1. The Morgan fingerprint density at radius 3 is 2.59 bits per heavy atom. The zero-order valence-electron chi connectivity index (χ0n) is 15.2. The molecule has 3 rings (SSSR count). The summed E-state index contributed by atoms with van der Waals surface area (Å²) in [7, 11) is -3.71. The zero-order chi connectivity index (χ0) is 19.4. The minimum Gasteiger partial charge on any atom is -0.339 e. The molecule has 1 N–H and O–H groups in total. The Bertz CT molecular complexity index is 913. The lowest BCUT2D eigenvalue weighted by Gasteiger charge is -2.21. The van der Waals surface area contributed by atoms with Crippen molar-refractivity contribution in [2.24, 2.45) is 5.92 Å². The summed E-state index contributed by atoms with van der Waals surface area (Å²) in [6.07, 6.45) is 3.14. The van der Waals surface area contributed by atoms with Gasteiger partial charge in [0.25, 0.3) is 15.9 Å². The highest BCUT2D eigenvalue weighted by Crippen LogP contribution is 2.22. The summed E-state index contributed by atoms with van der Waals surface area (Å²) >= 11 is 3.29. The van der Waals surface area contributed by atoms with Gasteiger partial charge in [0, 0.05) is 28.8 Å². The number of hydrogen-bond acceptors (Lipinski definition) is 3. The monoisotopic (exact) mass is 450 g/mol. The van der Waals surface area contributed by atoms with Crippen LogP contribution in [0.15, 0.2) is 57.9 Å². The van der Waals surface area contributed by atoms with Crippen molar-refractivity contribution in [3.63, 3.8) is 0 Å². The Morgan fingerprint density at radius 2 is 1.85 bits per heavy atom. The second-order valence-electron chi connectivity index (χ2n) is 6.97. The van der Waals surface area contributed by atoms with Crippen LogP contribution in [0.4, 0.5) is 5.69 Å². The molecular weight excluding hydrogens is 428 g/mol. The van der Waals surface area contributed by atoms with E-state index >= 15 is 0 Å². The van der Waals surface area contributed by atoms with Gasteiger partial charge in [-0.15, -0.1) is 0 Å². The Kier molecular flexibility index (Phi) is 6.22. The van der Waals surface area contributed by atoms with Gasteiger partial charge in [-0.2, -0.15) is 0 Å². The molecule has 5 nitrogen and oxygen atoms in total. The third kappa shape index (κ3) is 5.11. The van der Waals surface area contributed by atoms with Crippen molar-refractivity contribution in [1.82, 2.24) is 4.90 Å². The summed E-state index contributed by atoms with van der Waals surface area (Å²) in [6.45, 7) is 3.71.